The number of nitrogens with one attached hydrogen (secondary N) is 2. The molecular weight excluding hydrogens is 432 g/mol. The second-order valence-corrected chi connectivity index (χ2v) is 9.56. The molecule has 2 aromatic carbocycles. The van der Waals surface area contributed by atoms with E-state index < -0.39 is 5.54 Å². The van der Waals surface area contributed by atoms with Crippen molar-refractivity contribution in [1.29, 1.82) is 0 Å². The zero-order chi connectivity index (χ0) is 24.0. The van der Waals surface area contributed by atoms with Crippen molar-refractivity contribution < 1.29 is 19.2 Å². The molecule has 1 spiro atoms. The Morgan fingerprint density at radius 2 is 1.82 bits per heavy atom. The van der Waals surface area contributed by atoms with Crippen LogP contribution in [-0.4, -0.2) is 52.7 Å². The van der Waals surface area contributed by atoms with E-state index in [1.54, 1.807) is 18.0 Å². The van der Waals surface area contributed by atoms with Crippen molar-refractivity contribution in [1.82, 2.24) is 15.1 Å². The molecule has 1 saturated heterocycles. The number of fused-ring (bicyclic) bond motifs is 1. The molecule has 2 fully saturated rings. The molecule has 8 nitrogen and oxygen atoms in total. The van der Waals surface area contributed by atoms with Gasteiger partial charge in [-0.25, -0.2) is 4.79 Å². The van der Waals surface area contributed by atoms with Crippen LogP contribution < -0.4 is 10.6 Å². The van der Waals surface area contributed by atoms with Gasteiger partial charge in [-0.15, -0.1) is 0 Å². The number of likely N-dealkylation sites (N-methyl/N-ethyl adjacent to an activating group) is 1. The van der Waals surface area contributed by atoms with E-state index in [2.05, 4.69) is 10.6 Å². The van der Waals surface area contributed by atoms with Gasteiger partial charge in [0.15, 0.2) is 0 Å². The number of carbonyl (C=O) groups excluding carboxylic acids is 4. The van der Waals surface area contributed by atoms with E-state index in [1.807, 2.05) is 49.4 Å². The molecule has 5 rings (SSSR count). The first-order chi connectivity index (χ1) is 16.3. The van der Waals surface area contributed by atoms with Gasteiger partial charge in [0.1, 0.15) is 12.1 Å². The van der Waals surface area contributed by atoms with Crippen LogP contribution in [-0.2, 0) is 27.2 Å². The summed E-state index contributed by atoms with van der Waals surface area (Å²) in [6.45, 7) is 1.91. The van der Waals surface area contributed by atoms with Gasteiger partial charge in [0.05, 0.1) is 6.04 Å². The lowest BCUT2D eigenvalue weighted by molar-refractivity contribution is -0.138. The molecule has 0 bridgehead atoms. The maximum atomic E-state index is 13.0. The standard InChI is InChI=1S/C26H28N4O4/c1-16(17-6-4-3-5-7-17)30(23(32)18-8-9-18)15-22(31)27-21-11-10-19-13-26(14-20(19)12-21)24(33)28-25(34)29(26)2/h3-7,10-12,16,18H,8-9,13-15H2,1-2H3,(H,27,31)(H,28,33,34)/t16-,26+/m1/s1. The fraction of sp³-hybridized carbons (Fsp3) is 0.385. The van der Waals surface area contributed by atoms with Gasteiger partial charge >= 0.3 is 6.03 Å². The van der Waals surface area contributed by atoms with Gasteiger partial charge in [-0.3, -0.25) is 19.7 Å². The second-order valence-electron chi connectivity index (χ2n) is 9.56. The Hall–Kier alpha value is -3.68. The number of urea groups is 1. The zero-order valence-corrected chi connectivity index (χ0v) is 19.3. The van der Waals surface area contributed by atoms with Crippen LogP contribution >= 0.6 is 0 Å². The molecule has 1 heterocycles. The second kappa shape index (κ2) is 8.27. The number of imide groups is 1. The first-order valence-corrected chi connectivity index (χ1v) is 11.6. The van der Waals surface area contributed by atoms with Gasteiger partial charge in [0.25, 0.3) is 5.91 Å². The maximum absolute atomic E-state index is 13.0. The highest BCUT2D eigenvalue weighted by molar-refractivity contribution is 6.07. The topological polar surface area (TPSA) is 98.8 Å². The summed E-state index contributed by atoms with van der Waals surface area (Å²) in [6, 6.07) is 14.7. The predicted molar refractivity (Wildman–Crippen MR) is 126 cm³/mol. The van der Waals surface area contributed by atoms with Crippen LogP contribution in [0.3, 0.4) is 0 Å². The Kier molecular flexibility index (Phi) is 5.38. The van der Waals surface area contributed by atoms with Crippen molar-refractivity contribution in [2.24, 2.45) is 5.92 Å². The van der Waals surface area contributed by atoms with E-state index >= 15 is 0 Å². The third-order valence-electron chi connectivity index (χ3n) is 7.32. The summed E-state index contributed by atoms with van der Waals surface area (Å²) in [4.78, 5) is 53.6. The van der Waals surface area contributed by atoms with E-state index in [-0.39, 0.29) is 42.3 Å². The lowest BCUT2D eigenvalue weighted by Crippen LogP contribution is -2.48. The molecule has 2 aliphatic carbocycles. The van der Waals surface area contributed by atoms with Gasteiger partial charge in [-0.05, 0) is 48.6 Å². The molecule has 2 aromatic rings. The fourth-order valence-corrected chi connectivity index (χ4v) is 5.01. The molecule has 5 amide bonds. The molecule has 0 radical (unpaired) electrons. The number of hydrogen-bond donors (Lipinski definition) is 2. The molecule has 8 heteroatoms. The van der Waals surface area contributed by atoms with E-state index in [0.717, 1.165) is 29.5 Å². The monoisotopic (exact) mass is 460 g/mol. The van der Waals surface area contributed by atoms with Crippen LogP contribution in [0.2, 0.25) is 0 Å². The minimum absolute atomic E-state index is 0.00686. The van der Waals surface area contributed by atoms with E-state index in [1.165, 1.54) is 4.90 Å². The first kappa shape index (κ1) is 22.1. The highest BCUT2D eigenvalue weighted by Gasteiger charge is 2.54. The van der Waals surface area contributed by atoms with Gasteiger partial charge < -0.3 is 15.1 Å². The predicted octanol–water partition coefficient (Wildman–Crippen LogP) is 2.64. The number of benzene rings is 2. The lowest BCUT2D eigenvalue weighted by atomic mass is 9.95. The number of rotatable bonds is 6. The Labute approximate surface area is 198 Å². The molecule has 1 saturated carbocycles. The highest BCUT2D eigenvalue weighted by Crippen LogP contribution is 2.38. The average Bonchev–Trinajstić information content (AvgIpc) is 3.57. The first-order valence-electron chi connectivity index (χ1n) is 11.6. The molecule has 176 valence electrons. The summed E-state index contributed by atoms with van der Waals surface area (Å²) in [5.74, 6) is -0.531. The Morgan fingerprint density at radius 3 is 2.47 bits per heavy atom. The highest BCUT2D eigenvalue weighted by atomic mass is 16.2. The minimum Gasteiger partial charge on any atom is -0.326 e. The zero-order valence-electron chi connectivity index (χ0n) is 19.3. The fourth-order valence-electron chi connectivity index (χ4n) is 5.01. The summed E-state index contributed by atoms with van der Waals surface area (Å²) < 4.78 is 0. The number of nitrogens with zero attached hydrogens (tertiary/aromatic N) is 2. The number of hydrogen-bond acceptors (Lipinski definition) is 4. The summed E-state index contributed by atoms with van der Waals surface area (Å²) in [6.07, 6.45) is 2.59. The van der Waals surface area contributed by atoms with Crippen LogP contribution in [0.25, 0.3) is 0 Å². The van der Waals surface area contributed by atoms with Crippen molar-refractivity contribution >= 4 is 29.4 Å². The van der Waals surface area contributed by atoms with E-state index in [9.17, 15) is 19.2 Å². The number of carbonyl (C=O) groups is 4. The summed E-state index contributed by atoms with van der Waals surface area (Å²) in [5.41, 5.74) is 2.61. The molecule has 0 aromatic heterocycles. The third kappa shape index (κ3) is 3.83. The SMILES string of the molecule is C[C@H](c1ccccc1)N(CC(=O)Nc1ccc2c(c1)C[C@@]1(C2)C(=O)NC(=O)N1C)C(=O)C1CC1. The summed E-state index contributed by atoms with van der Waals surface area (Å²) in [5, 5.41) is 5.31. The number of anilines is 1. The molecular formula is C26H28N4O4. The maximum Gasteiger partial charge on any atom is 0.324 e. The molecule has 34 heavy (non-hydrogen) atoms. The Morgan fingerprint density at radius 1 is 1.12 bits per heavy atom. The molecule has 1 aliphatic heterocycles. The van der Waals surface area contributed by atoms with Crippen LogP contribution in [0.15, 0.2) is 48.5 Å². The number of amides is 5. The van der Waals surface area contributed by atoms with Gasteiger partial charge in [-0.1, -0.05) is 36.4 Å². The summed E-state index contributed by atoms with van der Waals surface area (Å²) in [7, 11) is 1.63. The Balaban J connectivity index is 1.30. The molecule has 2 atom stereocenters. The molecule has 0 unspecified atom stereocenters. The van der Waals surface area contributed by atoms with E-state index in [0.29, 0.717) is 18.5 Å². The van der Waals surface area contributed by atoms with Crippen molar-refractivity contribution in [2.75, 3.05) is 18.9 Å². The van der Waals surface area contributed by atoms with Crippen LogP contribution in [0.1, 0.15) is 42.5 Å². The molecule has 2 N–H and O–H groups in total. The van der Waals surface area contributed by atoms with Crippen molar-refractivity contribution in [3.63, 3.8) is 0 Å². The molecule has 3 aliphatic rings. The van der Waals surface area contributed by atoms with Crippen molar-refractivity contribution in [2.45, 2.75) is 44.2 Å². The third-order valence-corrected chi connectivity index (χ3v) is 7.32. The van der Waals surface area contributed by atoms with Crippen molar-refractivity contribution in [3.8, 4) is 0 Å². The lowest BCUT2D eigenvalue weighted by Gasteiger charge is -2.29. The van der Waals surface area contributed by atoms with Gasteiger partial charge in [0, 0.05) is 31.5 Å². The Bertz CT molecular complexity index is 1180. The largest absolute Gasteiger partial charge is 0.326 e. The minimum atomic E-state index is -0.902. The van der Waals surface area contributed by atoms with Gasteiger partial charge in [-0.2, -0.15) is 0 Å². The van der Waals surface area contributed by atoms with Crippen molar-refractivity contribution in [3.05, 3.63) is 65.2 Å². The van der Waals surface area contributed by atoms with Crippen LogP contribution in [0.4, 0.5) is 10.5 Å². The smallest absolute Gasteiger partial charge is 0.324 e. The van der Waals surface area contributed by atoms with Crippen LogP contribution in [0.5, 0.6) is 0 Å². The van der Waals surface area contributed by atoms with E-state index in [4.69, 9.17) is 0 Å². The summed E-state index contributed by atoms with van der Waals surface area (Å²) >= 11 is 0. The quantitative estimate of drug-likeness (QED) is 0.648. The van der Waals surface area contributed by atoms with Crippen LogP contribution in [0, 0.1) is 5.92 Å². The normalized spacial score (nSPS) is 21.9. The average molecular weight is 461 g/mol. The van der Waals surface area contributed by atoms with Gasteiger partial charge in [0.2, 0.25) is 11.8 Å².